The van der Waals surface area contributed by atoms with E-state index in [0.717, 1.165) is 10.5 Å². The summed E-state index contributed by atoms with van der Waals surface area (Å²) in [4.78, 5) is 34.7. The zero-order valence-corrected chi connectivity index (χ0v) is 23.0. The number of hydroxylamine groups is 1. The molecular formula is C31H24BrFN2O5. The summed E-state index contributed by atoms with van der Waals surface area (Å²) >= 11 is 3.68. The lowest BCUT2D eigenvalue weighted by atomic mass is 9.90. The van der Waals surface area contributed by atoms with E-state index in [0.29, 0.717) is 39.5 Å². The minimum atomic E-state index is -1.06. The molecule has 4 aromatic carbocycles. The standard InChI is InChI=1S/C31H24BrFN2O5/c1-38-25-16-23(24(32)17-26(25)39-18-19-8-4-2-5-9-19)28-27-29(40-35(28)22-10-6-3-7-11-22)31(37)34(30(27)36)21-14-12-20(33)13-15-21/h2-17,27-29H,18H2,1H3/t27-,28+,29-/m0/s1. The summed E-state index contributed by atoms with van der Waals surface area (Å²) in [6, 6.07) is 27.2. The van der Waals surface area contributed by atoms with E-state index in [1.807, 2.05) is 60.7 Å². The second-order valence-electron chi connectivity index (χ2n) is 9.45. The maximum Gasteiger partial charge on any atom is 0.266 e. The molecule has 0 radical (unpaired) electrons. The highest BCUT2D eigenvalue weighted by molar-refractivity contribution is 9.10. The molecule has 2 aliphatic heterocycles. The van der Waals surface area contributed by atoms with E-state index in [4.69, 9.17) is 14.3 Å². The van der Waals surface area contributed by atoms with Gasteiger partial charge in [-0.25, -0.2) is 14.4 Å². The predicted molar refractivity (Wildman–Crippen MR) is 150 cm³/mol. The number of methoxy groups -OCH3 is 1. The summed E-state index contributed by atoms with van der Waals surface area (Å²) in [5.74, 6) is -1.27. The molecule has 0 bridgehead atoms. The Morgan fingerprint density at radius 3 is 2.20 bits per heavy atom. The van der Waals surface area contributed by atoms with Gasteiger partial charge in [-0.3, -0.25) is 14.4 Å². The van der Waals surface area contributed by atoms with Gasteiger partial charge in [-0.05, 0) is 59.7 Å². The normalized spacial score (nSPS) is 20.1. The maximum atomic E-state index is 13.9. The number of halogens is 2. The number of carbonyl (C=O) groups is 2. The van der Waals surface area contributed by atoms with E-state index in [1.54, 1.807) is 24.3 Å². The van der Waals surface area contributed by atoms with E-state index in [9.17, 15) is 14.0 Å². The van der Waals surface area contributed by atoms with Crippen molar-refractivity contribution in [3.8, 4) is 11.5 Å². The second-order valence-corrected chi connectivity index (χ2v) is 10.3. The van der Waals surface area contributed by atoms with E-state index >= 15 is 0 Å². The molecule has 202 valence electrons. The second kappa shape index (κ2) is 10.7. The van der Waals surface area contributed by atoms with Gasteiger partial charge in [0.05, 0.1) is 24.5 Å². The first-order chi connectivity index (χ1) is 19.5. The van der Waals surface area contributed by atoms with Gasteiger partial charge in [0.15, 0.2) is 17.6 Å². The van der Waals surface area contributed by atoms with Gasteiger partial charge in [0.2, 0.25) is 5.91 Å². The Morgan fingerprint density at radius 2 is 1.52 bits per heavy atom. The Hall–Kier alpha value is -4.21. The third kappa shape index (κ3) is 4.61. The van der Waals surface area contributed by atoms with Crippen LogP contribution in [0.5, 0.6) is 11.5 Å². The molecule has 40 heavy (non-hydrogen) atoms. The van der Waals surface area contributed by atoms with Gasteiger partial charge in [0.1, 0.15) is 18.3 Å². The van der Waals surface area contributed by atoms with Crippen LogP contribution < -0.4 is 19.4 Å². The summed E-state index contributed by atoms with van der Waals surface area (Å²) in [5.41, 5.74) is 2.66. The zero-order valence-electron chi connectivity index (χ0n) is 21.4. The first kappa shape index (κ1) is 26.0. The Kier molecular flexibility index (Phi) is 7.00. The molecule has 2 fully saturated rings. The zero-order chi connectivity index (χ0) is 27.8. The summed E-state index contributed by atoms with van der Waals surface area (Å²) in [6.07, 6.45) is -1.06. The Bertz CT molecular complexity index is 1550. The van der Waals surface area contributed by atoms with Crippen molar-refractivity contribution < 1.29 is 28.3 Å². The van der Waals surface area contributed by atoms with Gasteiger partial charge >= 0.3 is 0 Å². The van der Waals surface area contributed by atoms with Crippen LogP contribution in [0.4, 0.5) is 15.8 Å². The minimum Gasteiger partial charge on any atom is -0.493 e. The van der Waals surface area contributed by atoms with Gasteiger partial charge in [-0.1, -0.05) is 64.5 Å². The smallest absolute Gasteiger partial charge is 0.266 e. The number of rotatable bonds is 7. The van der Waals surface area contributed by atoms with Crippen LogP contribution in [0.15, 0.2) is 102 Å². The van der Waals surface area contributed by atoms with E-state index in [2.05, 4.69) is 15.9 Å². The maximum absolute atomic E-state index is 13.9. The monoisotopic (exact) mass is 602 g/mol. The fourth-order valence-corrected chi connectivity index (χ4v) is 5.72. The summed E-state index contributed by atoms with van der Waals surface area (Å²) in [7, 11) is 1.55. The molecule has 4 aromatic rings. The molecule has 0 saturated carbocycles. The Labute approximate surface area is 238 Å². The minimum absolute atomic E-state index is 0.292. The SMILES string of the molecule is COc1cc([C@@H]2[C@@H]3C(=O)N(c4ccc(F)cc4)C(=O)[C@H]3ON2c2ccccc2)c(Br)cc1OCc1ccccc1. The van der Waals surface area contributed by atoms with Crippen LogP contribution in [-0.4, -0.2) is 25.0 Å². The Morgan fingerprint density at radius 1 is 0.850 bits per heavy atom. The number of para-hydroxylation sites is 1. The topological polar surface area (TPSA) is 68.3 Å². The quantitative estimate of drug-likeness (QED) is 0.234. The summed E-state index contributed by atoms with van der Waals surface area (Å²) in [6.45, 7) is 0.343. The summed E-state index contributed by atoms with van der Waals surface area (Å²) in [5, 5.41) is 1.61. The first-order valence-corrected chi connectivity index (χ1v) is 13.4. The van der Waals surface area contributed by atoms with Gasteiger partial charge < -0.3 is 9.47 Å². The van der Waals surface area contributed by atoms with Crippen molar-refractivity contribution in [1.82, 2.24) is 0 Å². The molecule has 3 atom stereocenters. The van der Waals surface area contributed by atoms with Gasteiger partial charge in [-0.2, -0.15) is 0 Å². The molecule has 0 aromatic heterocycles. The van der Waals surface area contributed by atoms with Gasteiger partial charge in [0, 0.05) is 4.47 Å². The number of benzene rings is 4. The first-order valence-electron chi connectivity index (χ1n) is 12.6. The average molecular weight is 603 g/mol. The number of hydrogen-bond donors (Lipinski definition) is 0. The molecule has 6 rings (SSSR count). The number of imide groups is 1. The molecule has 9 heteroatoms. The third-order valence-corrected chi connectivity index (χ3v) is 7.74. The number of hydrogen-bond acceptors (Lipinski definition) is 6. The predicted octanol–water partition coefficient (Wildman–Crippen LogP) is 6.23. The van der Waals surface area contributed by atoms with E-state index in [-0.39, 0.29) is 0 Å². The number of nitrogens with zero attached hydrogens (tertiary/aromatic N) is 2. The number of amides is 2. The number of ether oxygens (including phenoxy) is 2. The van der Waals surface area contributed by atoms with Crippen LogP contribution in [0.25, 0.3) is 0 Å². The highest BCUT2D eigenvalue weighted by Gasteiger charge is 2.60. The number of anilines is 2. The van der Waals surface area contributed by atoms with Crippen molar-refractivity contribution in [3.05, 3.63) is 118 Å². The highest BCUT2D eigenvalue weighted by Crippen LogP contribution is 2.50. The molecule has 2 saturated heterocycles. The van der Waals surface area contributed by atoms with Crippen LogP contribution in [0, 0.1) is 11.7 Å². The fraction of sp³-hybridized carbons (Fsp3) is 0.161. The molecule has 2 amide bonds. The fourth-order valence-electron chi connectivity index (χ4n) is 5.16. The van der Waals surface area contributed by atoms with Crippen LogP contribution in [0.2, 0.25) is 0 Å². The van der Waals surface area contributed by atoms with Crippen molar-refractivity contribution in [3.63, 3.8) is 0 Å². The van der Waals surface area contributed by atoms with Crippen LogP contribution in [0.1, 0.15) is 17.2 Å². The lowest BCUT2D eigenvalue weighted by Gasteiger charge is -2.29. The van der Waals surface area contributed by atoms with Crippen molar-refractivity contribution in [2.45, 2.75) is 18.8 Å². The Balaban J connectivity index is 1.40. The number of fused-ring (bicyclic) bond motifs is 1. The largest absolute Gasteiger partial charge is 0.493 e. The lowest BCUT2D eigenvalue weighted by Crippen LogP contribution is -2.37. The van der Waals surface area contributed by atoms with Crippen molar-refractivity contribution in [2.24, 2.45) is 5.92 Å². The summed E-state index contributed by atoms with van der Waals surface area (Å²) < 4.78 is 26.0. The third-order valence-electron chi connectivity index (χ3n) is 7.05. The van der Waals surface area contributed by atoms with Crippen LogP contribution >= 0.6 is 15.9 Å². The van der Waals surface area contributed by atoms with Crippen LogP contribution in [0.3, 0.4) is 0 Å². The lowest BCUT2D eigenvalue weighted by molar-refractivity contribution is -0.126. The molecule has 0 aliphatic carbocycles. The van der Waals surface area contributed by atoms with Crippen molar-refractivity contribution in [1.29, 1.82) is 0 Å². The van der Waals surface area contributed by atoms with Gasteiger partial charge in [0.25, 0.3) is 5.91 Å². The van der Waals surface area contributed by atoms with Crippen molar-refractivity contribution >= 4 is 39.1 Å². The van der Waals surface area contributed by atoms with Crippen LogP contribution in [-0.2, 0) is 21.0 Å². The molecule has 7 nitrogen and oxygen atoms in total. The highest BCUT2D eigenvalue weighted by atomic mass is 79.9. The molecule has 2 heterocycles. The van der Waals surface area contributed by atoms with E-state index in [1.165, 1.54) is 24.3 Å². The van der Waals surface area contributed by atoms with Crippen molar-refractivity contribution in [2.75, 3.05) is 17.1 Å². The molecule has 0 unspecified atom stereocenters. The average Bonchev–Trinajstić information content (AvgIpc) is 3.49. The molecule has 2 aliphatic rings. The molecule has 0 N–H and O–H groups in total. The van der Waals surface area contributed by atoms with E-state index < -0.39 is 35.7 Å². The molecule has 0 spiro atoms. The number of carbonyl (C=O) groups excluding carboxylic acids is 2. The van der Waals surface area contributed by atoms with Gasteiger partial charge in [-0.15, -0.1) is 0 Å². The molecular weight excluding hydrogens is 579 g/mol.